The molecule has 0 saturated heterocycles. The van der Waals surface area contributed by atoms with Gasteiger partial charge in [0.25, 0.3) is 0 Å². The van der Waals surface area contributed by atoms with E-state index in [0.717, 1.165) is 22.8 Å². The molecule has 0 radical (unpaired) electrons. The normalized spacial score (nSPS) is 14.4. The maximum absolute atomic E-state index is 10.6. The Labute approximate surface area is 117 Å². The molecule has 0 aliphatic carbocycles. The van der Waals surface area contributed by atoms with Gasteiger partial charge in [-0.1, -0.05) is 24.9 Å². The van der Waals surface area contributed by atoms with Crippen LogP contribution in [0.1, 0.15) is 32.3 Å². The molecule has 1 N–H and O–H groups in total. The predicted octanol–water partition coefficient (Wildman–Crippen LogP) is 3.30. The monoisotopic (exact) mass is 280 g/mol. The third-order valence-electron chi connectivity index (χ3n) is 3.21. The van der Waals surface area contributed by atoms with Crippen molar-refractivity contribution in [3.05, 3.63) is 29.2 Å². The Morgan fingerprint density at radius 2 is 2.05 bits per heavy atom. The Hall–Kier alpha value is -1.39. The van der Waals surface area contributed by atoms with Gasteiger partial charge < -0.3 is 9.84 Å². The summed E-state index contributed by atoms with van der Waals surface area (Å²) in [4.78, 5) is 8.29. The van der Waals surface area contributed by atoms with E-state index in [1.165, 1.54) is 0 Å². The summed E-state index contributed by atoms with van der Waals surface area (Å²) in [5.74, 6) is 0.482. The minimum Gasteiger partial charge on any atom is -0.481 e. The summed E-state index contributed by atoms with van der Waals surface area (Å²) in [6, 6.07) is 1.74. The molecule has 102 valence electrons. The number of pyridine rings is 2. The molecule has 1 unspecified atom stereocenters. The fourth-order valence-electron chi connectivity index (χ4n) is 2.30. The highest BCUT2D eigenvalue weighted by molar-refractivity contribution is 6.30. The average Bonchev–Trinajstić information content (AvgIpc) is 2.36. The molecular weight excluding hydrogens is 264 g/mol. The number of hydrogen-bond donors (Lipinski definition) is 1. The number of halogens is 1. The standard InChI is InChI=1S/C14H17ClN2O2/c1-4-5-14(2,18)11-8-17-13(19-3)10-7-16-12(15)6-9(10)11/h6-8,18H,4-5H2,1-3H3. The second-order valence-corrected chi connectivity index (χ2v) is 5.14. The third kappa shape index (κ3) is 2.65. The summed E-state index contributed by atoms with van der Waals surface area (Å²) in [5, 5.41) is 12.6. The summed E-state index contributed by atoms with van der Waals surface area (Å²) in [5.41, 5.74) is -0.203. The van der Waals surface area contributed by atoms with E-state index in [9.17, 15) is 5.11 Å². The van der Waals surface area contributed by atoms with Crippen molar-refractivity contribution in [1.29, 1.82) is 0 Å². The summed E-state index contributed by atoms with van der Waals surface area (Å²) in [6.45, 7) is 3.82. The van der Waals surface area contributed by atoms with Crippen molar-refractivity contribution < 1.29 is 9.84 Å². The second kappa shape index (κ2) is 5.31. The first kappa shape index (κ1) is 14.0. The molecule has 2 rings (SSSR count). The molecule has 2 heterocycles. The molecule has 0 fully saturated rings. The van der Waals surface area contributed by atoms with Crippen molar-refractivity contribution in [3.63, 3.8) is 0 Å². The van der Waals surface area contributed by atoms with Crippen molar-refractivity contribution in [2.45, 2.75) is 32.3 Å². The number of hydrogen-bond acceptors (Lipinski definition) is 4. The fourth-order valence-corrected chi connectivity index (χ4v) is 2.46. The zero-order chi connectivity index (χ0) is 14.0. The molecule has 0 spiro atoms. The van der Waals surface area contributed by atoms with Crippen molar-refractivity contribution in [2.75, 3.05) is 7.11 Å². The molecule has 0 aliphatic heterocycles. The molecule has 2 aromatic rings. The lowest BCUT2D eigenvalue weighted by Crippen LogP contribution is -2.21. The van der Waals surface area contributed by atoms with E-state index in [1.54, 1.807) is 32.5 Å². The Kier molecular flexibility index (Phi) is 3.92. The largest absolute Gasteiger partial charge is 0.481 e. The van der Waals surface area contributed by atoms with E-state index in [0.29, 0.717) is 17.5 Å². The quantitative estimate of drug-likeness (QED) is 0.873. The van der Waals surface area contributed by atoms with Gasteiger partial charge in [0.15, 0.2) is 0 Å². The lowest BCUT2D eigenvalue weighted by atomic mass is 9.89. The van der Waals surface area contributed by atoms with Gasteiger partial charge in [0, 0.05) is 18.0 Å². The number of aliphatic hydroxyl groups is 1. The molecule has 0 aliphatic rings. The highest BCUT2D eigenvalue weighted by Crippen LogP contribution is 2.35. The number of fused-ring (bicyclic) bond motifs is 1. The van der Waals surface area contributed by atoms with Crippen molar-refractivity contribution in [2.24, 2.45) is 0 Å². The van der Waals surface area contributed by atoms with E-state index < -0.39 is 5.60 Å². The first-order chi connectivity index (χ1) is 8.99. The molecule has 0 bridgehead atoms. The van der Waals surface area contributed by atoms with Crippen LogP contribution in [0.5, 0.6) is 5.88 Å². The Morgan fingerprint density at radius 3 is 2.68 bits per heavy atom. The van der Waals surface area contributed by atoms with E-state index in [2.05, 4.69) is 9.97 Å². The molecule has 4 nitrogen and oxygen atoms in total. The number of methoxy groups -OCH3 is 1. The lowest BCUT2D eigenvalue weighted by Gasteiger charge is -2.24. The average molecular weight is 281 g/mol. The molecule has 2 aromatic heterocycles. The molecular formula is C14H17ClN2O2. The van der Waals surface area contributed by atoms with Crippen LogP contribution < -0.4 is 4.74 Å². The number of rotatable bonds is 4. The fraction of sp³-hybridized carbons (Fsp3) is 0.429. The Morgan fingerprint density at radius 1 is 1.32 bits per heavy atom. The van der Waals surface area contributed by atoms with Crippen LogP contribution in [0.2, 0.25) is 5.15 Å². The van der Waals surface area contributed by atoms with Gasteiger partial charge in [-0.2, -0.15) is 0 Å². The van der Waals surface area contributed by atoms with Crippen LogP contribution in [0.15, 0.2) is 18.5 Å². The minimum atomic E-state index is -0.947. The number of aromatic nitrogens is 2. The van der Waals surface area contributed by atoms with Gasteiger partial charge in [0.1, 0.15) is 5.15 Å². The highest BCUT2D eigenvalue weighted by atomic mass is 35.5. The van der Waals surface area contributed by atoms with Crippen LogP contribution in [0.3, 0.4) is 0 Å². The van der Waals surface area contributed by atoms with Gasteiger partial charge in [-0.25, -0.2) is 9.97 Å². The second-order valence-electron chi connectivity index (χ2n) is 4.76. The molecule has 0 saturated carbocycles. The molecule has 5 heteroatoms. The SMILES string of the molecule is CCCC(C)(O)c1cnc(OC)c2cnc(Cl)cc12. The molecule has 19 heavy (non-hydrogen) atoms. The van der Waals surface area contributed by atoms with Crippen LogP contribution in [-0.4, -0.2) is 22.2 Å². The van der Waals surface area contributed by atoms with Crippen molar-refractivity contribution in [3.8, 4) is 5.88 Å². The number of nitrogens with zero attached hydrogens (tertiary/aromatic N) is 2. The van der Waals surface area contributed by atoms with Gasteiger partial charge in [-0.3, -0.25) is 0 Å². The zero-order valence-electron chi connectivity index (χ0n) is 11.3. The third-order valence-corrected chi connectivity index (χ3v) is 3.42. The topological polar surface area (TPSA) is 55.2 Å². The van der Waals surface area contributed by atoms with E-state index in [-0.39, 0.29) is 0 Å². The van der Waals surface area contributed by atoms with Crippen LogP contribution in [-0.2, 0) is 5.60 Å². The summed E-state index contributed by atoms with van der Waals surface area (Å²) >= 11 is 5.96. The Balaban J connectivity index is 2.72. The predicted molar refractivity (Wildman–Crippen MR) is 75.6 cm³/mol. The van der Waals surface area contributed by atoms with Gasteiger partial charge in [-0.05, 0) is 24.8 Å². The summed E-state index contributed by atoms with van der Waals surface area (Å²) < 4.78 is 5.22. The Bertz CT molecular complexity index is 599. The maximum atomic E-state index is 10.6. The maximum Gasteiger partial charge on any atom is 0.222 e. The van der Waals surface area contributed by atoms with E-state index >= 15 is 0 Å². The van der Waals surface area contributed by atoms with Crippen molar-refractivity contribution >= 4 is 22.4 Å². The van der Waals surface area contributed by atoms with Crippen LogP contribution in [0.4, 0.5) is 0 Å². The van der Waals surface area contributed by atoms with Crippen LogP contribution in [0.25, 0.3) is 10.8 Å². The van der Waals surface area contributed by atoms with Crippen molar-refractivity contribution in [1.82, 2.24) is 9.97 Å². The van der Waals surface area contributed by atoms with Gasteiger partial charge in [0.2, 0.25) is 5.88 Å². The van der Waals surface area contributed by atoms with Gasteiger partial charge in [0.05, 0.1) is 18.1 Å². The molecule has 1 atom stereocenters. The summed E-state index contributed by atoms with van der Waals surface area (Å²) in [6.07, 6.45) is 4.79. The van der Waals surface area contributed by atoms with Crippen LogP contribution in [0, 0.1) is 0 Å². The van der Waals surface area contributed by atoms with Crippen LogP contribution >= 0.6 is 11.6 Å². The smallest absolute Gasteiger partial charge is 0.222 e. The van der Waals surface area contributed by atoms with Gasteiger partial charge >= 0.3 is 0 Å². The van der Waals surface area contributed by atoms with E-state index in [1.807, 2.05) is 6.92 Å². The van der Waals surface area contributed by atoms with E-state index in [4.69, 9.17) is 16.3 Å². The van der Waals surface area contributed by atoms with Gasteiger partial charge in [-0.15, -0.1) is 0 Å². The highest BCUT2D eigenvalue weighted by Gasteiger charge is 2.26. The first-order valence-electron chi connectivity index (χ1n) is 6.20. The molecule has 0 amide bonds. The zero-order valence-corrected chi connectivity index (χ0v) is 12.0. The minimum absolute atomic E-state index is 0.384. The first-order valence-corrected chi connectivity index (χ1v) is 6.58. The summed E-state index contributed by atoms with van der Waals surface area (Å²) in [7, 11) is 1.56. The number of ether oxygens (including phenoxy) is 1. The molecule has 0 aromatic carbocycles. The lowest BCUT2D eigenvalue weighted by molar-refractivity contribution is 0.0481.